The first-order chi connectivity index (χ1) is 15.1. The number of nitrogens with zero attached hydrogens (tertiary/aromatic N) is 1. The monoisotopic (exact) mass is 413 g/mol. The van der Waals surface area contributed by atoms with Crippen molar-refractivity contribution >= 4 is 23.6 Å². The van der Waals surface area contributed by atoms with Crippen molar-refractivity contribution in [3.05, 3.63) is 89.8 Å². The summed E-state index contributed by atoms with van der Waals surface area (Å²) < 4.78 is 5.81. The van der Waals surface area contributed by atoms with E-state index in [1.807, 2.05) is 43.3 Å². The van der Waals surface area contributed by atoms with Crippen LogP contribution in [0, 0.1) is 6.92 Å². The minimum Gasteiger partial charge on any atom is -0.455 e. The van der Waals surface area contributed by atoms with E-state index >= 15 is 0 Å². The van der Waals surface area contributed by atoms with Crippen molar-refractivity contribution in [1.82, 2.24) is 10.3 Å². The third-order valence-electron chi connectivity index (χ3n) is 4.82. The molecule has 0 radical (unpaired) electrons. The SMILES string of the molecule is Cc1cc(NC(=O)/C=C/c2ccc(C(=O)NC3CC3)cc2)ccc1Oc1cccnc1. The smallest absolute Gasteiger partial charge is 0.251 e. The summed E-state index contributed by atoms with van der Waals surface area (Å²) in [5, 5.41) is 5.80. The lowest BCUT2D eigenvalue weighted by atomic mass is 10.1. The maximum absolute atomic E-state index is 12.3. The molecule has 0 aliphatic heterocycles. The van der Waals surface area contributed by atoms with Gasteiger partial charge in [0.05, 0.1) is 6.20 Å². The highest BCUT2D eigenvalue weighted by atomic mass is 16.5. The standard InChI is InChI=1S/C25H23N3O3/c1-17-15-21(11-12-23(17)31-22-3-2-14-26-16-22)27-24(29)13-6-18-4-7-19(8-5-18)25(30)28-20-9-10-20/h2-8,11-16,20H,9-10H2,1H3,(H,27,29)(H,28,30)/b13-6+. The minimum atomic E-state index is -0.240. The molecule has 1 heterocycles. The third kappa shape index (κ3) is 5.79. The van der Waals surface area contributed by atoms with Gasteiger partial charge in [-0.05, 0) is 79.4 Å². The van der Waals surface area contributed by atoms with Gasteiger partial charge in [-0.2, -0.15) is 0 Å². The Morgan fingerprint density at radius 1 is 1.10 bits per heavy atom. The summed E-state index contributed by atoms with van der Waals surface area (Å²) in [6.07, 6.45) is 8.63. The van der Waals surface area contributed by atoms with Gasteiger partial charge >= 0.3 is 0 Å². The molecule has 6 heteroatoms. The number of hydrogen-bond donors (Lipinski definition) is 2. The fraction of sp³-hybridized carbons (Fsp3) is 0.160. The number of amides is 2. The molecule has 31 heavy (non-hydrogen) atoms. The highest BCUT2D eigenvalue weighted by Gasteiger charge is 2.23. The number of pyridine rings is 1. The lowest BCUT2D eigenvalue weighted by Gasteiger charge is -2.10. The first-order valence-corrected chi connectivity index (χ1v) is 10.2. The molecule has 1 aliphatic rings. The van der Waals surface area contributed by atoms with E-state index in [-0.39, 0.29) is 11.8 Å². The van der Waals surface area contributed by atoms with Crippen LogP contribution in [0.2, 0.25) is 0 Å². The molecular weight excluding hydrogens is 390 g/mol. The maximum atomic E-state index is 12.3. The van der Waals surface area contributed by atoms with Gasteiger partial charge in [0.1, 0.15) is 11.5 Å². The molecule has 2 aromatic carbocycles. The number of carbonyl (C=O) groups is 2. The number of nitrogens with one attached hydrogen (secondary N) is 2. The highest BCUT2D eigenvalue weighted by Crippen LogP contribution is 2.26. The second-order valence-electron chi connectivity index (χ2n) is 7.46. The first-order valence-electron chi connectivity index (χ1n) is 10.2. The Morgan fingerprint density at radius 2 is 1.90 bits per heavy atom. The van der Waals surface area contributed by atoms with Gasteiger partial charge in [-0.3, -0.25) is 14.6 Å². The van der Waals surface area contributed by atoms with E-state index in [9.17, 15) is 9.59 Å². The van der Waals surface area contributed by atoms with Crippen LogP contribution in [0.25, 0.3) is 6.08 Å². The van der Waals surface area contributed by atoms with E-state index in [1.54, 1.807) is 36.7 Å². The fourth-order valence-electron chi connectivity index (χ4n) is 2.97. The van der Waals surface area contributed by atoms with Gasteiger partial charge in [0.25, 0.3) is 5.91 Å². The van der Waals surface area contributed by atoms with Crippen molar-refractivity contribution in [1.29, 1.82) is 0 Å². The molecule has 2 amide bonds. The molecule has 1 aromatic heterocycles. The molecule has 156 valence electrons. The third-order valence-corrected chi connectivity index (χ3v) is 4.82. The average molecular weight is 413 g/mol. The van der Waals surface area contributed by atoms with E-state index in [1.165, 1.54) is 6.08 Å². The summed E-state index contributed by atoms with van der Waals surface area (Å²) in [6, 6.07) is 16.6. The van der Waals surface area contributed by atoms with E-state index in [0.717, 1.165) is 24.0 Å². The van der Waals surface area contributed by atoms with E-state index in [0.29, 0.717) is 28.8 Å². The molecule has 0 atom stereocenters. The molecule has 1 aliphatic carbocycles. The largest absolute Gasteiger partial charge is 0.455 e. The lowest BCUT2D eigenvalue weighted by molar-refractivity contribution is -0.111. The van der Waals surface area contributed by atoms with Crippen LogP contribution >= 0.6 is 0 Å². The zero-order valence-electron chi connectivity index (χ0n) is 17.2. The van der Waals surface area contributed by atoms with Crippen LogP contribution in [-0.2, 0) is 4.79 Å². The molecule has 1 fully saturated rings. The topological polar surface area (TPSA) is 80.3 Å². The zero-order valence-corrected chi connectivity index (χ0v) is 17.2. The van der Waals surface area contributed by atoms with Crippen LogP contribution < -0.4 is 15.4 Å². The number of ether oxygens (including phenoxy) is 1. The van der Waals surface area contributed by atoms with Crippen molar-refractivity contribution < 1.29 is 14.3 Å². The zero-order chi connectivity index (χ0) is 21.6. The van der Waals surface area contributed by atoms with Crippen molar-refractivity contribution in [3.8, 4) is 11.5 Å². The first kappa shape index (κ1) is 20.3. The number of rotatable bonds is 7. The normalized spacial score (nSPS) is 13.1. The summed E-state index contributed by atoms with van der Waals surface area (Å²) in [7, 11) is 0. The van der Waals surface area contributed by atoms with Crippen molar-refractivity contribution in [2.45, 2.75) is 25.8 Å². The van der Waals surface area contributed by atoms with Gasteiger partial charge in [-0.1, -0.05) is 12.1 Å². The quantitative estimate of drug-likeness (QED) is 0.549. The highest BCUT2D eigenvalue weighted by molar-refractivity contribution is 6.02. The van der Waals surface area contributed by atoms with Crippen LogP contribution in [-0.4, -0.2) is 22.8 Å². The summed E-state index contributed by atoms with van der Waals surface area (Å²) in [5.41, 5.74) is 3.04. The average Bonchev–Trinajstić information content (AvgIpc) is 3.59. The van der Waals surface area contributed by atoms with Gasteiger partial charge in [0.15, 0.2) is 0 Å². The Balaban J connectivity index is 1.33. The molecule has 0 bridgehead atoms. The van der Waals surface area contributed by atoms with Crippen molar-refractivity contribution in [2.24, 2.45) is 0 Å². The minimum absolute atomic E-state index is 0.0536. The number of carbonyl (C=O) groups excluding carboxylic acids is 2. The Hall–Kier alpha value is -3.93. The number of anilines is 1. The van der Waals surface area contributed by atoms with Crippen LogP contribution in [0.5, 0.6) is 11.5 Å². The van der Waals surface area contributed by atoms with Gasteiger partial charge in [-0.15, -0.1) is 0 Å². The predicted octanol–water partition coefficient (Wildman–Crippen LogP) is 4.73. The summed E-state index contributed by atoms with van der Waals surface area (Å²) >= 11 is 0. The number of aryl methyl sites for hydroxylation is 1. The Labute approximate surface area is 181 Å². The van der Waals surface area contributed by atoms with Crippen molar-refractivity contribution in [2.75, 3.05) is 5.32 Å². The van der Waals surface area contributed by atoms with Crippen LogP contribution in [0.15, 0.2) is 73.1 Å². The van der Waals surface area contributed by atoms with Crippen LogP contribution in [0.4, 0.5) is 5.69 Å². The fourth-order valence-corrected chi connectivity index (χ4v) is 2.97. The van der Waals surface area contributed by atoms with Crippen molar-refractivity contribution in [3.63, 3.8) is 0 Å². The number of aromatic nitrogens is 1. The van der Waals surface area contributed by atoms with Gasteiger partial charge in [0, 0.05) is 29.6 Å². The number of hydrogen-bond acceptors (Lipinski definition) is 4. The Bertz CT molecular complexity index is 1100. The van der Waals surface area contributed by atoms with E-state index in [2.05, 4.69) is 15.6 Å². The Kier molecular flexibility index (Phi) is 6.08. The molecule has 0 unspecified atom stereocenters. The van der Waals surface area contributed by atoms with Crippen LogP contribution in [0.3, 0.4) is 0 Å². The molecule has 0 saturated heterocycles. The molecule has 3 aromatic rings. The second-order valence-corrected chi connectivity index (χ2v) is 7.46. The molecular formula is C25H23N3O3. The molecule has 2 N–H and O–H groups in total. The van der Waals surface area contributed by atoms with Gasteiger partial charge in [-0.25, -0.2) is 0 Å². The predicted molar refractivity (Wildman–Crippen MR) is 120 cm³/mol. The van der Waals surface area contributed by atoms with Gasteiger partial charge in [0.2, 0.25) is 5.91 Å². The second kappa shape index (κ2) is 9.26. The van der Waals surface area contributed by atoms with Crippen LogP contribution in [0.1, 0.15) is 34.3 Å². The van der Waals surface area contributed by atoms with E-state index < -0.39 is 0 Å². The number of benzene rings is 2. The summed E-state index contributed by atoms with van der Waals surface area (Å²) in [4.78, 5) is 28.3. The Morgan fingerprint density at radius 3 is 2.58 bits per heavy atom. The summed E-state index contributed by atoms with van der Waals surface area (Å²) in [5.74, 6) is 1.06. The molecule has 6 nitrogen and oxygen atoms in total. The maximum Gasteiger partial charge on any atom is 0.251 e. The summed E-state index contributed by atoms with van der Waals surface area (Å²) in [6.45, 7) is 1.91. The van der Waals surface area contributed by atoms with E-state index in [4.69, 9.17) is 4.74 Å². The molecule has 1 saturated carbocycles. The molecule has 0 spiro atoms. The van der Waals surface area contributed by atoms with Gasteiger partial charge < -0.3 is 15.4 Å². The lowest BCUT2D eigenvalue weighted by Crippen LogP contribution is -2.25. The molecule has 4 rings (SSSR count).